The maximum absolute atomic E-state index is 13.4. The molecule has 170 valence electrons. The van der Waals surface area contributed by atoms with Crippen LogP contribution in [0.25, 0.3) is 0 Å². The number of hydrogen-bond acceptors (Lipinski definition) is 6. The van der Waals surface area contributed by atoms with E-state index in [-0.39, 0.29) is 29.5 Å². The highest BCUT2D eigenvalue weighted by Crippen LogP contribution is 2.68. The van der Waals surface area contributed by atoms with E-state index in [9.17, 15) is 19.2 Å². The highest BCUT2D eigenvalue weighted by atomic mass is 16.6. The van der Waals surface area contributed by atoms with Crippen LogP contribution >= 0.6 is 0 Å². The molecule has 4 aliphatic rings. The third-order valence-electron chi connectivity index (χ3n) is 9.26. The normalized spacial score (nSPS) is 41.4. The third-order valence-corrected chi connectivity index (χ3v) is 9.26. The summed E-state index contributed by atoms with van der Waals surface area (Å²) in [5, 5.41) is 0. The summed E-state index contributed by atoms with van der Waals surface area (Å²) in [5.74, 6) is 0.156. The summed E-state index contributed by atoms with van der Waals surface area (Å²) in [6.45, 7) is 6.70. The molecule has 0 spiro atoms. The fourth-order valence-corrected chi connectivity index (χ4v) is 7.77. The van der Waals surface area contributed by atoms with Crippen molar-refractivity contribution in [3.8, 4) is 0 Å². The summed E-state index contributed by atoms with van der Waals surface area (Å²) in [7, 11) is 0. The Morgan fingerprint density at radius 3 is 2.35 bits per heavy atom. The van der Waals surface area contributed by atoms with Gasteiger partial charge in [0, 0.05) is 25.7 Å². The van der Waals surface area contributed by atoms with E-state index >= 15 is 0 Å². The van der Waals surface area contributed by atoms with Gasteiger partial charge in [-0.1, -0.05) is 19.4 Å². The molecule has 3 fully saturated rings. The monoisotopic (exact) mass is 430 g/mol. The lowest BCUT2D eigenvalue weighted by molar-refractivity contribution is -0.190. The molecular formula is C25H34O6. The average Bonchev–Trinajstić information content (AvgIpc) is 2.99. The van der Waals surface area contributed by atoms with Crippen LogP contribution in [0.15, 0.2) is 11.6 Å². The minimum atomic E-state index is -1.23. The molecule has 0 N–H and O–H groups in total. The van der Waals surface area contributed by atoms with Gasteiger partial charge in [0.05, 0.1) is 0 Å². The van der Waals surface area contributed by atoms with Crippen molar-refractivity contribution < 1.29 is 28.7 Å². The van der Waals surface area contributed by atoms with Gasteiger partial charge in [0.25, 0.3) is 0 Å². The molecule has 6 atom stereocenters. The molecule has 0 aromatic rings. The van der Waals surface area contributed by atoms with Gasteiger partial charge in [-0.3, -0.25) is 19.2 Å². The zero-order chi connectivity index (χ0) is 22.6. The molecule has 31 heavy (non-hydrogen) atoms. The Bertz CT molecular complexity index is 858. The van der Waals surface area contributed by atoms with Crippen LogP contribution in [0.2, 0.25) is 0 Å². The van der Waals surface area contributed by atoms with Crippen molar-refractivity contribution in [2.24, 2.45) is 28.6 Å². The Morgan fingerprint density at radius 2 is 1.68 bits per heavy atom. The van der Waals surface area contributed by atoms with Crippen molar-refractivity contribution >= 4 is 23.5 Å². The largest absolute Gasteiger partial charge is 0.458 e. The maximum atomic E-state index is 13.4. The van der Waals surface area contributed by atoms with Gasteiger partial charge in [-0.05, 0) is 74.2 Å². The van der Waals surface area contributed by atoms with E-state index in [1.807, 2.05) is 6.08 Å². The molecule has 0 aromatic heterocycles. The predicted octanol–water partition coefficient (Wildman–Crippen LogP) is 3.95. The van der Waals surface area contributed by atoms with Gasteiger partial charge in [-0.25, -0.2) is 0 Å². The Balaban J connectivity index is 1.67. The number of carbonyl (C=O) groups excluding carboxylic acids is 4. The van der Waals surface area contributed by atoms with E-state index in [2.05, 4.69) is 13.8 Å². The molecule has 0 aromatic carbocycles. The van der Waals surface area contributed by atoms with Crippen LogP contribution in [0.1, 0.15) is 79.1 Å². The summed E-state index contributed by atoms with van der Waals surface area (Å²) in [4.78, 5) is 48.8. The summed E-state index contributed by atoms with van der Waals surface area (Å²) >= 11 is 0. The third kappa shape index (κ3) is 3.28. The Labute approximate surface area is 184 Å². The van der Waals surface area contributed by atoms with E-state index in [1.54, 1.807) is 0 Å². The van der Waals surface area contributed by atoms with Crippen LogP contribution in [-0.2, 0) is 28.7 Å². The smallest absolute Gasteiger partial charge is 0.303 e. The highest BCUT2D eigenvalue weighted by Gasteiger charge is 2.68. The minimum Gasteiger partial charge on any atom is -0.458 e. The topological polar surface area (TPSA) is 86.7 Å². The Kier molecular flexibility index (Phi) is 5.42. The minimum absolute atomic E-state index is 0.0482. The Morgan fingerprint density at radius 1 is 0.968 bits per heavy atom. The van der Waals surface area contributed by atoms with Crippen molar-refractivity contribution in [2.45, 2.75) is 84.7 Å². The van der Waals surface area contributed by atoms with Crippen LogP contribution in [0.5, 0.6) is 0 Å². The van der Waals surface area contributed by atoms with Crippen LogP contribution in [0.3, 0.4) is 0 Å². The summed E-state index contributed by atoms with van der Waals surface area (Å²) in [6, 6.07) is 0. The summed E-state index contributed by atoms with van der Waals surface area (Å²) in [6.07, 6.45) is 8.39. The second kappa shape index (κ2) is 7.56. The van der Waals surface area contributed by atoms with E-state index in [0.717, 1.165) is 38.5 Å². The molecule has 4 rings (SSSR count). The van der Waals surface area contributed by atoms with Crippen molar-refractivity contribution in [1.29, 1.82) is 0 Å². The second-order valence-electron chi connectivity index (χ2n) is 10.6. The van der Waals surface area contributed by atoms with E-state index < -0.39 is 23.0 Å². The summed E-state index contributed by atoms with van der Waals surface area (Å²) in [5.41, 5.74) is -0.348. The van der Waals surface area contributed by atoms with Crippen molar-refractivity contribution in [3.63, 3.8) is 0 Å². The first-order valence-corrected chi connectivity index (χ1v) is 11.6. The van der Waals surface area contributed by atoms with Crippen molar-refractivity contribution in [2.75, 3.05) is 6.61 Å². The molecule has 0 amide bonds. The maximum Gasteiger partial charge on any atom is 0.303 e. The van der Waals surface area contributed by atoms with E-state index in [4.69, 9.17) is 9.47 Å². The van der Waals surface area contributed by atoms with Gasteiger partial charge in [-0.15, -0.1) is 0 Å². The number of carbonyl (C=O) groups is 4. The molecule has 0 radical (unpaired) electrons. The first-order chi connectivity index (χ1) is 14.5. The Hall–Kier alpha value is -1.98. The molecule has 4 aliphatic carbocycles. The first-order valence-electron chi connectivity index (χ1n) is 11.6. The lowest BCUT2D eigenvalue weighted by Gasteiger charge is -2.59. The fraction of sp³-hybridized carbons (Fsp3) is 0.760. The van der Waals surface area contributed by atoms with Crippen molar-refractivity contribution in [3.05, 3.63) is 11.6 Å². The lowest BCUT2D eigenvalue weighted by atomic mass is 9.46. The lowest BCUT2D eigenvalue weighted by Crippen LogP contribution is -2.59. The van der Waals surface area contributed by atoms with Gasteiger partial charge in [0.15, 0.2) is 18.0 Å². The SMILES string of the molecule is CC(=O)OCC(=O)[C@@]1(OC(C)=O)CC[C@@H]2[C@@H]3CCC4=CC(=O)CC[C@]4(C)[C@@H]3CC[C@@]21C. The molecular weight excluding hydrogens is 396 g/mol. The predicted molar refractivity (Wildman–Crippen MR) is 113 cm³/mol. The number of Topliss-reactive ketones (excluding diaryl/α,β-unsaturated/α-hetero) is 1. The number of rotatable bonds is 4. The number of allylic oxidation sites excluding steroid dienone is 1. The molecule has 0 heterocycles. The van der Waals surface area contributed by atoms with Gasteiger partial charge in [0.2, 0.25) is 5.78 Å². The number of hydrogen-bond donors (Lipinski definition) is 0. The van der Waals surface area contributed by atoms with Crippen molar-refractivity contribution in [1.82, 2.24) is 0 Å². The van der Waals surface area contributed by atoms with Gasteiger partial charge < -0.3 is 9.47 Å². The second-order valence-corrected chi connectivity index (χ2v) is 10.6. The molecule has 0 aliphatic heterocycles. The highest BCUT2D eigenvalue weighted by molar-refractivity contribution is 5.93. The van der Waals surface area contributed by atoms with Crippen LogP contribution in [0.4, 0.5) is 0 Å². The number of ether oxygens (including phenoxy) is 2. The molecule has 6 nitrogen and oxygen atoms in total. The van der Waals surface area contributed by atoms with Gasteiger partial charge in [-0.2, -0.15) is 0 Å². The number of esters is 2. The first kappa shape index (κ1) is 22.2. The standard InChI is InChI=1S/C25H34O6/c1-15(26)30-14-22(29)25(31-16(2)27)12-9-21-19-6-5-17-13-18(28)7-10-23(17,3)20(19)8-11-24(21,25)4/h13,19-21H,5-12,14H2,1-4H3/t19-,20-,21-,23+,24+,25+/m1/s1. The zero-order valence-corrected chi connectivity index (χ0v) is 19.1. The van der Waals surface area contributed by atoms with Gasteiger partial charge >= 0.3 is 11.9 Å². The molecule has 0 saturated heterocycles. The molecule has 6 heteroatoms. The zero-order valence-electron chi connectivity index (χ0n) is 19.1. The van der Waals surface area contributed by atoms with Crippen LogP contribution < -0.4 is 0 Å². The average molecular weight is 431 g/mol. The van der Waals surface area contributed by atoms with Crippen LogP contribution in [0, 0.1) is 28.6 Å². The quantitative estimate of drug-likeness (QED) is 0.628. The fourth-order valence-electron chi connectivity index (χ4n) is 7.77. The van der Waals surface area contributed by atoms with E-state index in [0.29, 0.717) is 24.7 Å². The molecule has 0 bridgehead atoms. The van der Waals surface area contributed by atoms with Crippen LogP contribution in [-0.4, -0.2) is 35.7 Å². The number of ketones is 2. The molecule has 3 saturated carbocycles. The molecule has 0 unspecified atom stereocenters. The summed E-state index contributed by atoms with van der Waals surface area (Å²) < 4.78 is 10.9. The van der Waals surface area contributed by atoms with E-state index in [1.165, 1.54) is 19.4 Å². The van der Waals surface area contributed by atoms with Gasteiger partial charge in [0.1, 0.15) is 0 Å². The number of fused-ring (bicyclic) bond motifs is 5.